The lowest BCUT2D eigenvalue weighted by molar-refractivity contribution is 0.883. The summed E-state index contributed by atoms with van der Waals surface area (Å²) in [5.74, 6) is 0. The number of H-pyrrole nitrogens is 2. The van der Waals surface area contributed by atoms with Crippen molar-refractivity contribution in [2.24, 2.45) is 0 Å². The lowest BCUT2D eigenvalue weighted by Gasteiger charge is -2.17. The predicted octanol–water partition coefficient (Wildman–Crippen LogP) is 4.55. The van der Waals surface area contributed by atoms with Crippen molar-refractivity contribution in [2.45, 2.75) is 13.0 Å². The lowest BCUT2D eigenvalue weighted by atomic mass is 10.1. The molecule has 3 rings (SSSR count). The summed E-state index contributed by atoms with van der Waals surface area (Å²) < 4.78 is 1.96. The highest BCUT2D eigenvalue weighted by Crippen LogP contribution is 2.30. The summed E-state index contributed by atoms with van der Waals surface area (Å²) in [6.45, 7) is 2.10. The van der Waals surface area contributed by atoms with Crippen molar-refractivity contribution in [3.8, 4) is 0 Å². The molecule has 3 N–H and O–H groups in total. The molecule has 2 aromatic carbocycles. The van der Waals surface area contributed by atoms with Crippen LogP contribution < -0.4 is 11.0 Å². The van der Waals surface area contributed by atoms with Crippen LogP contribution >= 0.6 is 31.9 Å². The fourth-order valence-corrected chi connectivity index (χ4v) is 3.13. The van der Waals surface area contributed by atoms with E-state index in [2.05, 4.69) is 66.2 Å². The van der Waals surface area contributed by atoms with E-state index < -0.39 is 0 Å². The summed E-state index contributed by atoms with van der Waals surface area (Å²) in [6.07, 6.45) is 0. The van der Waals surface area contributed by atoms with Gasteiger partial charge in [-0.05, 0) is 52.7 Å². The minimum absolute atomic E-state index is 0.141. The Hall–Kier alpha value is -1.53. The van der Waals surface area contributed by atoms with Gasteiger partial charge in [-0.25, -0.2) is 4.79 Å². The molecule has 0 fully saturated rings. The Labute approximate surface area is 138 Å². The third kappa shape index (κ3) is 3.06. The van der Waals surface area contributed by atoms with E-state index in [0.29, 0.717) is 0 Å². The second-order valence-electron chi connectivity index (χ2n) is 4.88. The molecular formula is C15H13Br2N3O. The Morgan fingerprint density at radius 2 is 1.81 bits per heavy atom. The first kappa shape index (κ1) is 14.4. The maximum atomic E-state index is 11.3. The van der Waals surface area contributed by atoms with Gasteiger partial charge in [0, 0.05) is 15.0 Å². The number of rotatable bonds is 3. The first-order valence-electron chi connectivity index (χ1n) is 6.46. The number of hydrogen-bond acceptors (Lipinski definition) is 2. The van der Waals surface area contributed by atoms with Crippen molar-refractivity contribution in [1.82, 2.24) is 9.97 Å². The molecule has 1 aromatic heterocycles. The number of nitrogens with one attached hydrogen (secondary N) is 3. The van der Waals surface area contributed by atoms with Crippen molar-refractivity contribution < 1.29 is 0 Å². The first-order valence-corrected chi connectivity index (χ1v) is 8.05. The van der Waals surface area contributed by atoms with Gasteiger partial charge in [-0.1, -0.05) is 28.1 Å². The van der Waals surface area contributed by atoms with E-state index in [1.54, 1.807) is 0 Å². The topological polar surface area (TPSA) is 60.7 Å². The van der Waals surface area contributed by atoms with E-state index in [0.717, 1.165) is 25.7 Å². The fourth-order valence-electron chi connectivity index (χ4n) is 2.26. The predicted molar refractivity (Wildman–Crippen MR) is 92.8 cm³/mol. The third-order valence-corrected chi connectivity index (χ3v) is 4.47. The van der Waals surface area contributed by atoms with Crippen molar-refractivity contribution in [3.63, 3.8) is 0 Å². The highest BCUT2D eigenvalue weighted by Gasteiger charge is 2.10. The average Bonchev–Trinajstić information content (AvgIpc) is 2.78. The first-order chi connectivity index (χ1) is 10.0. The quantitative estimate of drug-likeness (QED) is 0.592. The third-order valence-electron chi connectivity index (χ3n) is 3.32. The standard InChI is InChI=1S/C15H13Br2N3O/c1-8(9-3-2-4-10(16)5-9)18-12-7-14-13(6-11(12)17)19-15(21)20-14/h2-8,18H,1H3,(H2,19,20,21). The van der Waals surface area contributed by atoms with Gasteiger partial charge in [-0.3, -0.25) is 0 Å². The van der Waals surface area contributed by atoms with Crippen LogP contribution in [0.5, 0.6) is 0 Å². The second-order valence-corrected chi connectivity index (χ2v) is 6.65. The molecule has 0 aliphatic heterocycles. The van der Waals surface area contributed by atoms with Crippen LogP contribution in [0.4, 0.5) is 5.69 Å². The Bertz CT molecular complexity index is 853. The van der Waals surface area contributed by atoms with Crippen LogP contribution in [0.1, 0.15) is 18.5 Å². The van der Waals surface area contributed by atoms with Gasteiger partial charge in [-0.2, -0.15) is 0 Å². The van der Waals surface area contributed by atoms with E-state index in [9.17, 15) is 4.79 Å². The van der Waals surface area contributed by atoms with E-state index >= 15 is 0 Å². The molecule has 0 saturated carbocycles. The van der Waals surface area contributed by atoms with Gasteiger partial charge in [0.25, 0.3) is 0 Å². The number of halogens is 2. The maximum Gasteiger partial charge on any atom is 0.323 e. The van der Waals surface area contributed by atoms with Crippen LogP contribution in [-0.4, -0.2) is 9.97 Å². The van der Waals surface area contributed by atoms with E-state index in [1.165, 1.54) is 5.56 Å². The van der Waals surface area contributed by atoms with Gasteiger partial charge >= 0.3 is 5.69 Å². The van der Waals surface area contributed by atoms with Gasteiger partial charge in [0.05, 0.1) is 16.7 Å². The van der Waals surface area contributed by atoms with Crippen LogP contribution in [0.15, 0.2) is 50.1 Å². The van der Waals surface area contributed by atoms with Crippen LogP contribution in [0.25, 0.3) is 11.0 Å². The van der Waals surface area contributed by atoms with Gasteiger partial charge in [-0.15, -0.1) is 0 Å². The van der Waals surface area contributed by atoms with Crippen molar-refractivity contribution in [1.29, 1.82) is 0 Å². The van der Waals surface area contributed by atoms with Crippen LogP contribution in [0.3, 0.4) is 0 Å². The summed E-state index contributed by atoms with van der Waals surface area (Å²) in [7, 11) is 0. The lowest BCUT2D eigenvalue weighted by Crippen LogP contribution is -2.07. The molecule has 6 heteroatoms. The van der Waals surface area contributed by atoms with Crippen molar-refractivity contribution >= 4 is 48.6 Å². The molecule has 0 spiro atoms. The number of imidazole rings is 1. The summed E-state index contributed by atoms with van der Waals surface area (Å²) in [4.78, 5) is 16.9. The van der Waals surface area contributed by atoms with Gasteiger partial charge in [0.2, 0.25) is 0 Å². The largest absolute Gasteiger partial charge is 0.378 e. The van der Waals surface area contributed by atoms with Crippen LogP contribution in [0.2, 0.25) is 0 Å². The number of aromatic amines is 2. The second kappa shape index (κ2) is 5.69. The molecule has 4 nitrogen and oxygen atoms in total. The Morgan fingerprint density at radius 3 is 2.52 bits per heavy atom. The Morgan fingerprint density at radius 1 is 1.10 bits per heavy atom. The number of hydrogen-bond donors (Lipinski definition) is 3. The Kier molecular flexibility index (Phi) is 3.91. The molecule has 0 saturated heterocycles. The smallest absolute Gasteiger partial charge is 0.323 e. The maximum absolute atomic E-state index is 11.3. The molecule has 0 aliphatic rings. The molecule has 0 radical (unpaired) electrons. The van der Waals surface area contributed by atoms with Gasteiger partial charge < -0.3 is 15.3 Å². The molecular weight excluding hydrogens is 398 g/mol. The molecule has 21 heavy (non-hydrogen) atoms. The van der Waals surface area contributed by atoms with E-state index in [1.807, 2.05) is 24.3 Å². The monoisotopic (exact) mass is 409 g/mol. The number of benzene rings is 2. The highest BCUT2D eigenvalue weighted by molar-refractivity contribution is 9.10. The molecule has 1 unspecified atom stereocenters. The van der Waals surface area contributed by atoms with E-state index in [4.69, 9.17) is 0 Å². The molecule has 108 valence electrons. The normalized spacial score (nSPS) is 12.5. The van der Waals surface area contributed by atoms with E-state index in [-0.39, 0.29) is 11.7 Å². The number of anilines is 1. The Balaban J connectivity index is 1.93. The van der Waals surface area contributed by atoms with Gasteiger partial charge in [0.15, 0.2) is 0 Å². The molecule has 0 bridgehead atoms. The minimum Gasteiger partial charge on any atom is -0.378 e. The average molecular weight is 411 g/mol. The minimum atomic E-state index is -0.200. The van der Waals surface area contributed by atoms with Crippen molar-refractivity contribution in [2.75, 3.05) is 5.32 Å². The summed E-state index contributed by atoms with van der Waals surface area (Å²) in [5, 5.41) is 3.45. The van der Waals surface area contributed by atoms with Crippen LogP contribution in [0, 0.1) is 0 Å². The zero-order chi connectivity index (χ0) is 15.0. The molecule has 3 aromatic rings. The highest BCUT2D eigenvalue weighted by atomic mass is 79.9. The zero-order valence-electron chi connectivity index (χ0n) is 11.2. The molecule has 0 aliphatic carbocycles. The molecule has 0 amide bonds. The zero-order valence-corrected chi connectivity index (χ0v) is 14.4. The summed E-state index contributed by atoms with van der Waals surface area (Å²) in [5.41, 5.74) is 3.48. The van der Waals surface area contributed by atoms with Crippen LogP contribution in [-0.2, 0) is 0 Å². The number of aromatic nitrogens is 2. The van der Waals surface area contributed by atoms with Crippen molar-refractivity contribution in [3.05, 3.63) is 61.4 Å². The number of fused-ring (bicyclic) bond motifs is 1. The molecule has 1 heterocycles. The SMILES string of the molecule is CC(Nc1cc2[nH]c(=O)[nH]c2cc1Br)c1cccc(Br)c1. The summed E-state index contributed by atoms with van der Waals surface area (Å²) >= 11 is 7.02. The van der Waals surface area contributed by atoms with Gasteiger partial charge in [0.1, 0.15) is 0 Å². The fraction of sp³-hybridized carbons (Fsp3) is 0.133. The molecule has 1 atom stereocenters. The summed E-state index contributed by atoms with van der Waals surface area (Å²) in [6, 6.07) is 12.1.